The normalized spacial score (nSPS) is 17.4. The van der Waals surface area contributed by atoms with Crippen LogP contribution >= 0.6 is 0 Å². The number of benzene rings is 1. The van der Waals surface area contributed by atoms with Gasteiger partial charge < -0.3 is 10.1 Å². The molecule has 112 valence electrons. The summed E-state index contributed by atoms with van der Waals surface area (Å²) in [5.41, 5.74) is 3.92. The molecule has 1 aliphatic carbocycles. The van der Waals surface area contributed by atoms with E-state index in [4.69, 9.17) is 4.74 Å². The molecule has 1 atom stereocenters. The van der Waals surface area contributed by atoms with Crippen LogP contribution in [0.3, 0.4) is 0 Å². The third kappa shape index (κ3) is 3.54. The van der Waals surface area contributed by atoms with Gasteiger partial charge in [-0.15, -0.1) is 0 Å². The van der Waals surface area contributed by atoms with E-state index in [-0.39, 0.29) is 0 Å². The van der Waals surface area contributed by atoms with Gasteiger partial charge in [-0.25, -0.2) is 0 Å². The average Bonchev–Trinajstić information content (AvgIpc) is 2.91. The molecule has 0 saturated heterocycles. The number of methoxy groups -OCH3 is 1. The summed E-state index contributed by atoms with van der Waals surface area (Å²) in [6.07, 6.45) is 6.94. The molecule has 1 aromatic rings. The van der Waals surface area contributed by atoms with Gasteiger partial charge in [0, 0.05) is 6.04 Å². The Labute approximate surface area is 123 Å². The zero-order valence-electron chi connectivity index (χ0n) is 13.5. The lowest BCUT2D eigenvalue weighted by Gasteiger charge is -2.23. The van der Waals surface area contributed by atoms with Crippen LogP contribution in [0.5, 0.6) is 5.75 Å². The fourth-order valence-corrected chi connectivity index (χ4v) is 3.67. The molecule has 0 amide bonds. The largest absolute Gasteiger partial charge is 0.496 e. The summed E-state index contributed by atoms with van der Waals surface area (Å²) < 4.78 is 5.48. The van der Waals surface area contributed by atoms with Crippen molar-refractivity contribution >= 4 is 0 Å². The molecule has 2 nitrogen and oxygen atoms in total. The second kappa shape index (κ2) is 7.12. The highest BCUT2D eigenvalue weighted by atomic mass is 16.5. The first-order valence-electron chi connectivity index (χ1n) is 8.04. The topological polar surface area (TPSA) is 21.3 Å². The van der Waals surface area contributed by atoms with E-state index in [0.29, 0.717) is 6.04 Å². The van der Waals surface area contributed by atoms with E-state index in [2.05, 4.69) is 38.2 Å². The first kappa shape index (κ1) is 15.4. The van der Waals surface area contributed by atoms with Crippen molar-refractivity contribution < 1.29 is 4.74 Å². The second-order valence-electron chi connectivity index (χ2n) is 6.18. The van der Waals surface area contributed by atoms with Gasteiger partial charge in [0.25, 0.3) is 0 Å². The van der Waals surface area contributed by atoms with Crippen LogP contribution in [0.15, 0.2) is 12.1 Å². The van der Waals surface area contributed by atoms with Gasteiger partial charge in [0.1, 0.15) is 5.75 Å². The first-order chi connectivity index (χ1) is 9.65. The predicted molar refractivity (Wildman–Crippen MR) is 85.5 cm³/mol. The van der Waals surface area contributed by atoms with Crippen LogP contribution in [0.2, 0.25) is 0 Å². The van der Waals surface area contributed by atoms with E-state index < -0.39 is 0 Å². The van der Waals surface area contributed by atoms with Crippen LogP contribution in [-0.4, -0.2) is 13.7 Å². The van der Waals surface area contributed by atoms with Crippen molar-refractivity contribution in [2.24, 2.45) is 5.92 Å². The highest BCUT2D eigenvalue weighted by Gasteiger charge is 2.21. The minimum Gasteiger partial charge on any atom is -0.496 e. The molecular formula is C18H29NO. The molecule has 0 spiro atoms. The van der Waals surface area contributed by atoms with Gasteiger partial charge in [-0.3, -0.25) is 0 Å². The van der Waals surface area contributed by atoms with Gasteiger partial charge in [0.05, 0.1) is 7.11 Å². The predicted octanol–water partition coefficient (Wildman–Crippen LogP) is 4.54. The number of nitrogens with one attached hydrogen (secondary N) is 1. The van der Waals surface area contributed by atoms with E-state index in [1.54, 1.807) is 7.11 Å². The fourth-order valence-electron chi connectivity index (χ4n) is 3.67. The lowest BCUT2D eigenvalue weighted by atomic mass is 9.91. The zero-order valence-corrected chi connectivity index (χ0v) is 13.5. The van der Waals surface area contributed by atoms with Crippen LogP contribution in [-0.2, 0) is 0 Å². The van der Waals surface area contributed by atoms with Gasteiger partial charge in [-0.1, -0.05) is 44.7 Å². The van der Waals surface area contributed by atoms with E-state index in [1.165, 1.54) is 48.8 Å². The first-order valence-corrected chi connectivity index (χ1v) is 8.04. The summed E-state index contributed by atoms with van der Waals surface area (Å²) in [4.78, 5) is 0. The second-order valence-corrected chi connectivity index (χ2v) is 6.18. The van der Waals surface area contributed by atoms with Crippen molar-refractivity contribution in [1.82, 2.24) is 5.32 Å². The zero-order chi connectivity index (χ0) is 14.5. The molecule has 0 aliphatic heterocycles. The van der Waals surface area contributed by atoms with Crippen molar-refractivity contribution in [1.29, 1.82) is 0 Å². The van der Waals surface area contributed by atoms with Crippen molar-refractivity contribution in [2.75, 3.05) is 13.7 Å². The number of ether oxygens (including phenoxy) is 1. The summed E-state index contributed by atoms with van der Waals surface area (Å²) in [7, 11) is 1.76. The van der Waals surface area contributed by atoms with Crippen LogP contribution in [0, 0.1) is 19.8 Å². The Balaban J connectivity index is 2.19. The summed E-state index contributed by atoms with van der Waals surface area (Å²) in [6, 6.07) is 5.09. The molecular weight excluding hydrogens is 246 g/mol. The maximum Gasteiger partial charge on any atom is 0.124 e. The fraction of sp³-hybridized carbons (Fsp3) is 0.667. The van der Waals surface area contributed by atoms with Gasteiger partial charge in [0.2, 0.25) is 0 Å². The Morgan fingerprint density at radius 2 is 1.80 bits per heavy atom. The van der Waals surface area contributed by atoms with Gasteiger partial charge in [0.15, 0.2) is 0 Å². The Morgan fingerprint density at radius 3 is 2.30 bits per heavy atom. The maximum absolute atomic E-state index is 5.48. The van der Waals surface area contributed by atoms with Crippen molar-refractivity contribution in [2.45, 2.75) is 58.9 Å². The van der Waals surface area contributed by atoms with E-state index >= 15 is 0 Å². The molecule has 1 fully saturated rings. The average molecular weight is 275 g/mol. The van der Waals surface area contributed by atoms with Crippen LogP contribution in [0.4, 0.5) is 0 Å². The Hall–Kier alpha value is -1.02. The van der Waals surface area contributed by atoms with Gasteiger partial charge >= 0.3 is 0 Å². The van der Waals surface area contributed by atoms with Crippen molar-refractivity contribution in [3.63, 3.8) is 0 Å². The minimum atomic E-state index is 0.492. The molecule has 1 N–H and O–H groups in total. The molecule has 2 heteroatoms. The summed E-state index contributed by atoms with van der Waals surface area (Å²) in [6.45, 7) is 7.52. The summed E-state index contributed by atoms with van der Waals surface area (Å²) in [5.74, 6) is 1.94. The lowest BCUT2D eigenvalue weighted by Crippen LogP contribution is -2.23. The molecule has 0 radical (unpaired) electrons. The number of aryl methyl sites for hydroxylation is 2. The van der Waals surface area contributed by atoms with Crippen LogP contribution in [0.1, 0.15) is 61.8 Å². The molecule has 1 aliphatic rings. The molecule has 1 aromatic carbocycles. The molecule has 0 aromatic heterocycles. The van der Waals surface area contributed by atoms with Gasteiger partial charge in [-0.2, -0.15) is 0 Å². The van der Waals surface area contributed by atoms with Crippen LogP contribution in [0.25, 0.3) is 0 Å². The van der Waals surface area contributed by atoms with Crippen molar-refractivity contribution in [3.8, 4) is 5.75 Å². The Morgan fingerprint density at radius 1 is 1.20 bits per heavy atom. The lowest BCUT2D eigenvalue weighted by molar-refractivity contribution is 0.396. The standard InChI is InChI=1S/C18H29NO/c1-5-19-17(12-15-8-6-7-9-15)16-10-13(2)18(20-4)14(3)11-16/h10-11,15,17,19H,5-9,12H2,1-4H3. The maximum atomic E-state index is 5.48. The summed E-state index contributed by atoms with van der Waals surface area (Å²) >= 11 is 0. The van der Waals surface area contributed by atoms with Crippen LogP contribution < -0.4 is 10.1 Å². The number of hydrogen-bond acceptors (Lipinski definition) is 2. The van der Waals surface area contributed by atoms with E-state index in [9.17, 15) is 0 Å². The molecule has 0 heterocycles. The molecule has 1 saturated carbocycles. The highest BCUT2D eigenvalue weighted by Crippen LogP contribution is 2.35. The summed E-state index contributed by atoms with van der Waals surface area (Å²) in [5, 5.41) is 3.68. The Bertz CT molecular complexity index is 412. The molecule has 20 heavy (non-hydrogen) atoms. The Kier molecular flexibility index (Phi) is 5.47. The smallest absolute Gasteiger partial charge is 0.124 e. The third-order valence-electron chi connectivity index (χ3n) is 4.58. The molecule has 0 bridgehead atoms. The SMILES string of the molecule is CCNC(CC1CCCC1)c1cc(C)c(OC)c(C)c1. The molecule has 2 rings (SSSR count). The van der Waals surface area contributed by atoms with Gasteiger partial charge in [-0.05, 0) is 49.4 Å². The van der Waals surface area contributed by atoms with E-state index in [0.717, 1.165) is 18.2 Å². The number of hydrogen-bond donors (Lipinski definition) is 1. The third-order valence-corrected chi connectivity index (χ3v) is 4.58. The van der Waals surface area contributed by atoms with E-state index in [1.807, 2.05) is 0 Å². The molecule has 1 unspecified atom stereocenters. The monoisotopic (exact) mass is 275 g/mol. The number of rotatable bonds is 6. The quantitative estimate of drug-likeness (QED) is 0.822. The minimum absolute atomic E-state index is 0.492. The van der Waals surface area contributed by atoms with Crippen molar-refractivity contribution in [3.05, 3.63) is 28.8 Å². The highest BCUT2D eigenvalue weighted by molar-refractivity contribution is 5.44.